The van der Waals surface area contributed by atoms with Crippen LogP contribution in [0.4, 0.5) is 27.9 Å². The normalized spacial score (nSPS) is 10.3. The van der Waals surface area contributed by atoms with Crippen molar-refractivity contribution in [2.45, 2.75) is 0 Å². The number of nitrogens with two attached hydrogens (primary N) is 2. The van der Waals surface area contributed by atoms with Gasteiger partial charge in [-0.25, -0.2) is 4.39 Å². The topological polar surface area (TPSA) is 112 Å². The summed E-state index contributed by atoms with van der Waals surface area (Å²) >= 11 is 1.46. The van der Waals surface area contributed by atoms with Crippen molar-refractivity contribution in [1.29, 1.82) is 0 Å². The van der Waals surface area contributed by atoms with Crippen molar-refractivity contribution in [3.63, 3.8) is 0 Å². The van der Waals surface area contributed by atoms with E-state index in [2.05, 4.69) is 20.3 Å². The number of hydrogen-bond donors (Lipinski definition) is 3. The summed E-state index contributed by atoms with van der Waals surface area (Å²) in [6, 6.07) is 4.42. The molecule has 0 aliphatic carbocycles. The summed E-state index contributed by atoms with van der Waals surface area (Å²) in [6.45, 7) is 0. The van der Waals surface area contributed by atoms with Gasteiger partial charge in [-0.15, -0.1) is 11.8 Å². The molecule has 5 N–H and O–H groups in total. The average Bonchev–Trinajstić information content (AvgIpc) is 2.36. The second-order valence-corrected chi connectivity index (χ2v) is 4.51. The van der Waals surface area contributed by atoms with Gasteiger partial charge in [0.25, 0.3) is 0 Å². The summed E-state index contributed by atoms with van der Waals surface area (Å²) in [6.07, 6.45) is 1.86. The van der Waals surface area contributed by atoms with Gasteiger partial charge >= 0.3 is 0 Å². The van der Waals surface area contributed by atoms with E-state index in [1.807, 2.05) is 6.26 Å². The molecule has 0 radical (unpaired) electrons. The molecule has 7 nitrogen and oxygen atoms in total. The van der Waals surface area contributed by atoms with E-state index >= 15 is 0 Å². The summed E-state index contributed by atoms with van der Waals surface area (Å²) in [4.78, 5) is 11.3. The van der Waals surface area contributed by atoms with Gasteiger partial charge in [-0.05, 0) is 18.4 Å². The first-order valence-corrected chi connectivity index (χ1v) is 6.93. The summed E-state index contributed by atoms with van der Waals surface area (Å²) in [5, 5.41) is 2.79. The molecule has 1 heterocycles. The second-order valence-electron chi connectivity index (χ2n) is 3.70. The Morgan fingerprint density at radius 2 is 1.95 bits per heavy atom. The van der Waals surface area contributed by atoms with Crippen molar-refractivity contribution in [2.24, 2.45) is 0 Å². The third kappa shape index (κ3) is 3.60. The highest BCUT2D eigenvalue weighted by atomic mass is 32.2. The maximum absolute atomic E-state index is 13.8. The lowest BCUT2D eigenvalue weighted by Gasteiger charge is -2.09. The van der Waals surface area contributed by atoms with E-state index in [0.717, 1.165) is 0 Å². The second kappa shape index (κ2) is 6.24. The maximum atomic E-state index is 13.8. The third-order valence-electron chi connectivity index (χ3n) is 2.19. The quantitative estimate of drug-likeness (QED) is 0.713. The molecule has 2 aromatic rings. The highest BCUT2D eigenvalue weighted by molar-refractivity contribution is 7.98. The van der Waals surface area contributed by atoms with Crippen molar-refractivity contribution in [1.82, 2.24) is 15.0 Å². The molecule has 0 aliphatic heterocycles. The third-order valence-corrected chi connectivity index (χ3v) is 2.54. The Hall–Kier alpha value is -2.29. The Morgan fingerprint density at radius 1 is 1.25 bits per heavy atom. The van der Waals surface area contributed by atoms with E-state index in [-0.39, 0.29) is 23.6 Å². The molecular weight excluding hydrogens is 283 g/mol. The molecule has 1 aromatic carbocycles. The molecule has 2 rings (SSSR count). The molecule has 20 heavy (non-hydrogen) atoms. The van der Waals surface area contributed by atoms with Crippen LogP contribution in [0.5, 0.6) is 5.75 Å². The molecule has 1 aromatic heterocycles. The fourth-order valence-corrected chi connectivity index (χ4v) is 1.66. The Labute approximate surface area is 119 Å². The number of nitrogen functional groups attached to an aromatic ring is 2. The molecule has 0 atom stereocenters. The first-order valence-electron chi connectivity index (χ1n) is 5.54. The molecule has 0 spiro atoms. The lowest BCUT2D eigenvalue weighted by Crippen LogP contribution is -2.06. The van der Waals surface area contributed by atoms with Crippen LogP contribution >= 0.6 is 11.8 Å². The summed E-state index contributed by atoms with van der Waals surface area (Å²) in [5.41, 5.74) is 11.3. The molecule has 0 unspecified atom stereocenters. The fraction of sp³-hybridized carbons (Fsp3) is 0.182. The van der Waals surface area contributed by atoms with Gasteiger partial charge in [-0.3, -0.25) is 0 Å². The number of anilines is 4. The van der Waals surface area contributed by atoms with E-state index in [1.54, 1.807) is 6.07 Å². The van der Waals surface area contributed by atoms with E-state index in [4.69, 9.17) is 16.2 Å². The van der Waals surface area contributed by atoms with E-state index < -0.39 is 5.82 Å². The minimum absolute atomic E-state index is 0.0135. The molecule has 0 saturated heterocycles. The number of benzene rings is 1. The van der Waals surface area contributed by atoms with Gasteiger partial charge in [-0.2, -0.15) is 15.0 Å². The van der Waals surface area contributed by atoms with Gasteiger partial charge in [0, 0.05) is 11.8 Å². The first-order chi connectivity index (χ1) is 9.58. The lowest BCUT2D eigenvalue weighted by atomic mass is 10.3. The number of ether oxygens (including phenoxy) is 1. The van der Waals surface area contributed by atoms with E-state index in [9.17, 15) is 4.39 Å². The lowest BCUT2D eigenvalue weighted by molar-refractivity contribution is 0.368. The molecule has 9 heteroatoms. The zero-order chi connectivity index (χ0) is 14.5. The number of rotatable bonds is 5. The van der Waals surface area contributed by atoms with Crippen molar-refractivity contribution in [3.8, 4) is 5.75 Å². The highest BCUT2D eigenvalue weighted by Gasteiger charge is 2.07. The van der Waals surface area contributed by atoms with Gasteiger partial charge in [0.1, 0.15) is 5.94 Å². The predicted molar refractivity (Wildman–Crippen MR) is 77.3 cm³/mol. The minimum atomic E-state index is -0.487. The van der Waals surface area contributed by atoms with Crippen molar-refractivity contribution < 1.29 is 9.13 Å². The van der Waals surface area contributed by atoms with Gasteiger partial charge in [0.15, 0.2) is 11.6 Å². The van der Waals surface area contributed by atoms with Crippen LogP contribution < -0.4 is 21.5 Å². The zero-order valence-electron chi connectivity index (χ0n) is 10.6. The van der Waals surface area contributed by atoms with Crippen LogP contribution in [0.2, 0.25) is 0 Å². The van der Waals surface area contributed by atoms with Crippen LogP contribution in [0, 0.1) is 5.82 Å². The first kappa shape index (κ1) is 14.1. The van der Waals surface area contributed by atoms with Crippen LogP contribution in [-0.4, -0.2) is 27.1 Å². The van der Waals surface area contributed by atoms with Crippen LogP contribution in [0.15, 0.2) is 18.2 Å². The Morgan fingerprint density at radius 3 is 2.55 bits per heavy atom. The van der Waals surface area contributed by atoms with Crippen molar-refractivity contribution >= 4 is 35.3 Å². The molecule has 0 bridgehead atoms. The molecule has 0 aliphatic rings. The van der Waals surface area contributed by atoms with Crippen LogP contribution in [-0.2, 0) is 0 Å². The van der Waals surface area contributed by atoms with Crippen LogP contribution in [0.1, 0.15) is 0 Å². The number of halogens is 1. The number of thioether (sulfide) groups is 1. The summed E-state index contributed by atoms with van der Waals surface area (Å²) in [5.74, 6) is 0.191. The monoisotopic (exact) mass is 296 g/mol. The standard InChI is InChI=1S/C11H13FN6OS/c1-20-5-19-8-3-2-6(4-7(8)12)15-11-17-9(13)16-10(14)18-11/h2-4H,5H2,1H3,(H5,13,14,15,16,17,18). The summed E-state index contributed by atoms with van der Waals surface area (Å²) < 4.78 is 19.0. The highest BCUT2D eigenvalue weighted by Crippen LogP contribution is 2.23. The molecule has 106 valence electrons. The zero-order valence-corrected chi connectivity index (χ0v) is 11.4. The fourth-order valence-electron chi connectivity index (χ4n) is 1.41. The van der Waals surface area contributed by atoms with Crippen LogP contribution in [0.25, 0.3) is 0 Å². The predicted octanol–water partition coefficient (Wildman–Crippen LogP) is 1.62. The van der Waals surface area contributed by atoms with Gasteiger partial charge < -0.3 is 21.5 Å². The SMILES string of the molecule is CSCOc1ccc(Nc2nc(N)nc(N)n2)cc1F. The Balaban J connectivity index is 2.15. The molecule has 0 saturated carbocycles. The van der Waals surface area contributed by atoms with Crippen LogP contribution in [0.3, 0.4) is 0 Å². The average molecular weight is 296 g/mol. The number of hydrogen-bond acceptors (Lipinski definition) is 8. The minimum Gasteiger partial charge on any atom is -0.480 e. The van der Waals surface area contributed by atoms with Gasteiger partial charge in [0.2, 0.25) is 17.8 Å². The molecule has 0 amide bonds. The molecular formula is C11H13FN6OS. The Bertz CT molecular complexity index is 591. The Kier molecular flexibility index (Phi) is 4.41. The summed E-state index contributed by atoms with van der Waals surface area (Å²) in [7, 11) is 0. The van der Waals surface area contributed by atoms with Crippen molar-refractivity contribution in [3.05, 3.63) is 24.0 Å². The van der Waals surface area contributed by atoms with E-state index in [0.29, 0.717) is 11.6 Å². The maximum Gasteiger partial charge on any atom is 0.233 e. The largest absolute Gasteiger partial charge is 0.480 e. The molecule has 0 fully saturated rings. The number of aromatic nitrogens is 3. The van der Waals surface area contributed by atoms with Gasteiger partial charge in [-0.1, -0.05) is 0 Å². The number of nitrogens with one attached hydrogen (secondary N) is 1. The van der Waals surface area contributed by atoms with Crippen molar-refractivity contribution in [2.75, 3.05) is 29.0 Å². The van der Waals surface area contributed by atoms with Gasteiger partial charge in [0.05, 0.1) is 0 Å². The smallest absolute Gasteiger partial charge is 0.233 e. The number of nitrogens with zero attached hydrogens (tertiary/aromatic N) is 3. The van der Waals surface area contributed by atoms with E-state index in [1.165, 1.54) is 23.9 Å².